The molecule has 0 amide bonds. The fourth-order valence-electron chi connectivity index (χ4n) is 1.73. The number of hydrogen-bond acceptors (Lipinski definition) is 3. The minimum atomic E-state index is -2.70. The Morgan fingerprint density at radius 2 is 2.08 bits per heavy atom. The molecule has 4 heteroatoms. The Bertz CT molecular complexity index is 279. The first-order valence-corrected chi connectivity index (χ1v) is 6.29. The molecule has 2 rings (SSSR count). The second-order valence-electron chi connectivity index (χ2n) is 4.30. The SMILES string of the molecule is CC1(NC2CCS(=O)(=O)C2)CC1. The van der Waals surface area contributed by atoms with Gasteiger partial charge in [0.15, 0.2) is 9.84 Å². The Morgan fingerprint density at radius 3 is 2.50 bits per heavy atom. The summed E-state index contributed by atoms with van der Waals surface area (Å²) in [6.07, 6.45) is 3.20. The summed E-state index contributed by atoms with van der Waals surface area (Å²) in [4.78, 5) is 0. The lowest BCUT2D eigenvalue weighted by atomic mass is 10.2. The van der Waals surface area contributed by atoms with E-state index in [0.29, 0.717) is 11.5 Å². The predicted octanol–water partition coefficient (Wildman–Crippen LogP) is 0.316. The summed E-state index contributed by atoms with van der Waals surface area (Å²) in [5.74, 6) is 0.726. The van der Waals surface area contributed by atoms with E-state index in [1.54, 1.807) is 0 Å². The number of hydrogen-bond donors (Lipinski definition) is 1. The molecule has 1 aliphatic heterocycles. The van der Waals surface area contributed by atoms with Crippen LogP contribution in [0.2, 0.25) is 0 Å². The van der Waals surface area contributed by atoms with Crippen LogP contribution in [0, 0.1) is 0 Å². The molecule has 1 saturated heterocycles. The van der Waals surface area contributed by atoms with E-state index in [1.807, 2.05) is 0 Å². The maximum Gasteiger partial charge on any atom is 0.151 e. The molecule has 0 aromatic rings. The first kappa shape index (κ1) is 8.51. The van der Waals surface area contributed by atoms with Crippen molar-refractivity contribution in [1.82, 2.24) is 5.32 Å². The highest BCUT2D eigenvalue weighted by Gasteiger charge is 2.41. The summed E-state index contributed by atoms with van der Waals surface area (Å²) in [6, 6.07) is 0.225. The average Bonchev–Trinajstić information content (AvgIpc) is 2.53. The van der Waals surface area contributed by atoms with Gasteiger partial charge in [0.1, 0.15) is 0 Å². The van der Waals surface area contributed by atoms with Gasteiger partial charge in [0.25, 0.3) is 0 Å². The van der Waals surface area contributed by atoms with Gasteiger partial charge in [-0.15, -0.1) is 0 Å². The van der Waals surface area contributed by atoms with Gasteiger partial charge in [-0.3, -0.25) is 0 Å². The van der Waals surface area contributed by atoms with Crippen molar-refractivity contribution in [2.75, 3.05) is 11.5 Å². The van der Waals surface area contributed by atoms with Crippen molar-refractivity contribution in [3.05, 3.63) is 0 Å². The van der Waals surface area contributed by atoms with Gasteiger partial charge in [-0.05, 0) is 26.2 Å². The van der Waals surface area contributed by atoms with Gasteiger partial charge in [-0.25, -0.2) is 8.42 Å². The monoisotopic (exact) mass is 189 g/mol. The molecule has 1 saturated carbocycles. The third-order valence-electron chi connectivity index (χ3n) is 2.79. The smallest absolute Gasteiger partial charge is 0.151 e. The van der Waals surface area contributed by atoms with Crippen LogP contribution in [0.3, 0.4) is 0 Å². The molecule has 0 spiro atoms. The molecule has 2 fully saturated rings. The Labute approximate surface area is 73.5 Å². The van der Waals surface area contributed by atoms with E-state index in [1.165, 1.54) is 12.8 Å². The van der Waals surface area contributed by atoms with E-state index in [4.69, 9.17) is 0 Å². The van der Waals surface area contributed by atoms with Crippen LogP contribution in [-0.4, -0.2) is 31.5 Å². The van der Waals surface area contributed by atoms with Gasteiger partial charge in [0.2, 0.25) is 0 Å². The van der Waals surface area contributed by atoms with Crippen molar-refractivity contribution >= 4 is 9.84 Å². The van der Waals surface area contributed by atoms with Crippen molar-refractivity contribution < 1.29 is 8.42 Å². The highest BCUT2D eigenvalue weighted by atomic mass is 32.2. The maximum atomic E-state index is 11.1. The Hall–Kier alpha value is -0.0900. The van der Waals surface area contributed by atoms with Crippen LogP contribution in [0.25, 0.3) is 0 Å². The molecule has 1 heterocycles. The number of nitrogens with one attached hydrogen (secondary N) is 1. The summed E-state index contributed by atoms with van der Waals surface area (Å²) in [6.45, 7) is 2.16. The van der Waals surface area contributed by atoms with E-state index in [-0.39, 0.29) is 11.6 Å². The second-order valence-corrected chi connectivity index (χ2v) is 6.53. The average molecular weight is 189 g/mol. The van der Waals surface area contributed by atoms with E-state index in [0.717, 1.165) is 6.42 Å². The highest BCUT2D eigenvalue weighted by molar-refractivity contribution is 7.91. The third-order valence-corrected chi connectivity index (χ3v) is 4.55. The van der Waals surface area contributed by atoms with Crippen LogP contribution >= 0.6 is 0 Å². The topological polar surface area (TPSA) is 46.2 Å². The molecule has 2 aliphatic rings. The summed E-state index contributed by atoms with van der Waals surface area (Å²) < 4.78 is 22.2. The lowest BCUT2D eigenvalue weighted by molar-refractivity contribution is 0.459. The third kappa shape index (κ3) is 1.80. The molecule has 0 aromatic carbocycles. The minimum Gasteiger partial charge on any atom is -0.308 e. The van der Waals surface area contributed by atoms with Crippen molar-refractivity contribution in [1.29, 1.82) is 0 Å². The summed E-state index contributed by atoms with van der Waals surface area (Å²) >= 11 is 0. The van der Waals surface area contributed by atoms with Gasteiger partial charge in [0.05, 0.1) is 11.5 Å². The zero-order chi connectivity index (χ0) is 8.82. The number of rotatable bonds is 2. The Balaban J connectivity index is 1.92. The van der Waals surface area contributed by atoms with Gasteiger partial charge >= 0.3 is 0 Å². The van der Waals surface area contributed by atoms with Crippen LogP contribution in [0.5, 0.6) is 0 Å². The molecule has 0 radical (unpaired) electrons. The fourth-order valence-corrected chi connectivity index (χ4v) is 3.41. The van der Waals surface area contributed by atoms with E-state index < -0.39 is 9.84 Å². The lowest BCUT2D eigenvalue weighted by Crippen LogP contribution is -2.38. The Morgan fingerprint density at radius 1 is 1.42 bits per heavy atom. The van der Waals surface area contributed by atoms with E-state index >= 15 is 0 Å². The molecule has 1 N–H and O–H groups in total. The molecule has 1 aliphatic carbocycles. The molecule has 1 atom stereocenters. The van der Waals surface area contributed by atoms with Gasteiger partial charge in [-0.2, -0.15) is 0 Å². The first-order chi connectivity index (χ1) is 5.49. The normalized spacial score (nSPS) is 36.6. The zero-order valence-corrected chi connectivity index (χ0v) is 8.15. The van der Waals surface area contributed by atoms with Crippen LogP contribution in [-0.2, 0) is 9.84 Å². The molecule has 0 aromatic heterocycles. The van der Waals surface area contributed by atoms with Gasteiger partial charge < -0.3 is 5.32 Å². The van der Waals surface area contributed by atoms with Gasteiger partial charge in [-0.1, -0.05) is 0 Å². The molecule has 12 heavy (non-hydrogen) atoms. The van der Waals surface area contributed by atoms with Crippen LogP contribution in [0.15, 0.2) is 0 Å². The molecule has 1 unspecified atom stereocenters. The van der Waals surface area contributed by atoms with Gasteiger partial charge in [0, 0.05) is 11.6 Å². The number of sulfone groups is 1. The molecule has 3 nitrogen and oxygen atoms in total. The summed E-state index contributed by atoms with van der Waals surface area (Å²) in [5.41, 5.74) is 0.268. The summed E-state index contributed by atoms with van der Waals surface area (Å²) in [7, 11) is -2.70. The molecular weight excluding hydrogens is 174 g/mol. The summed E-state index contributed by atoms with van der Waals surface area (Å²) in [5, 5.41) is 3.41. The highest BCUT2D eigenvalue weighted by Crippen LogP contribution is 2.35. The quantitative estimate of drug-likeness (QED) is 0.680. The van der Waals surface area contributed by atoms with Crippen LogP contribution < -0.4 is 5.32 Å². The molecule has 0 bridgehead atoms. The van der Waals surface area contributed by atoms with Crippen molar-refractivity contribution in [2.45, 2.75) is 37.8 Å². The second kappa shape index (κ2) is 2.45. The zero-order valence-electron chi connectivity index (χ0n) is 7.34. The van der Waals surface area contributed by atoms with E-state index in [9.17, 15) is 8.42 Å². The Kier molecular flexibility index (Phi) is 1.74. The molecular formula is C8H15NO2S. The maximum absolute atomic E-state index is 11.1. The lowest BCUT2D eigenvalue weighted by Gasteiger charge is -2.16. The standard InChI is InChI=1S/C8H15NO2S/c1-8(3-4-8)9-7-2-5-12(10,11)6-7/h7,9H,2-6H2,1H3. The van der Waals surface area contributed by atoms with Crippen LogP contribution in [0.4, 0.5) is 0 Å². The molecule has 70 valence electrons. The minimum absolute atomic E-state index is 0.225. The van der Waals surface area contributed by atoms with Crippen LogP contribution in [0.1, 0.15) is 26.2 Å². The largest absolute Gasteiger partial charge is 0.308 e. The first-order valence-electron chi connectivity index (χ1n) is 4.47. The van der Waals surface area contributed by atoms with Crippen molar-refractivity contribution in [2.24, 2.45) is 0 Å². The predicted molar refractivity (Wildman–Crippen MR) is 47.8 cm³/mol. The fraction of sp³-hybridized carbons (Fsp3) is 1.00. The van der Waals surface area contributed by atoms with Crippen molar-refractivity contribution in [3.63, 3.8) is 0 Å². The van der Waals surface area contributed by atoms with E-state index in [2.05, 4.69) is 12.2 Å². The van der Waals surface area contributed by atoms with Crippen molar-refractivity contribution in [3.8, 4) is 0 Å².